The second kappa shape index (κ2) is 6.06. The highest BCUT2D eigenvalue weighted by molar-refractivity contribution is 6.16. The maximum Gasteiger partial charge on any atom is 0.152 e. The van der Waals surface area contributed by atoms with Gasteiger partial charge >= 0.3 is 0 Å². The summed E-state index contributed by atoms with van der Waals surface area (Å²) in [6, 6.07) is 7.88. The van der Waals surface area contributed by atoms with Gasteiger partial charge in [-0.25, -0.2) is 0 Å². The summed E-state index contributed by atoms with van der Waals surface area (Å²) in [6.07, 6.45) is 0. The van der Waals surface area contributed by atoms with E-state index < -0.39 is 0 Å². The van der Waals surface area contributed by atoms with Crippen molar-refractivity contribution in [3.63, 3.8) is 0 Å². The number of hydrogen-bond donors (Lipinski definition) is 0. The zero-order valence-corrected chi connectivity index (χ0v) is 12.2. The normalized spacial score (nSPS) is 11.0. The van der Waals surface area contributed by atoms with Crippen LogP contribution in [0, 0.1) is 0 Å². The molecule has 2 aromatic rings. The predicted octanol–water partition coefficient (Wildman–Crippen LogP) is 3.53. The number of halogens is 1. The molecule has 0 N–H and O–H groups in total. The zero-order valence-electron chi connectivity index (χ0n) is 11.4. The molecule has 19 heavy (non-hydrogen) atoms. The molecule has 0 radical (unpaired) electrons. The molecule has 1 heterocycles. The maximum absolute atomic E-state index is 5.93. The van der Waals surface area contributed by atoms with Gasteiger partial charge in [0.25, 0.3) is 0 Å². The number of alkyl halides is 1. The van der Waals surface area contributed by atoms with E-state index in [1.165, 1.54) is 0 Å². The van der Waals surface area contributed by atoms with E-state index in [9.17, 15) is 0 Å². The van der Waals surface area contributed by atoms with E-state index in [-0.39, 0.29) is 5.92 Å². The minimum absolute atomic E-state index is 0.288. The SMILES string of the molecule is CCOc1ccc(-n2c(CCl)nnc2C(C)C)cc1. The molecule has 0 fully saturated rings. The Kier molecular flexibility index (Phi) is 4.43. The fraction of sp³-hybridized carbons (Fsp3) is 0.429. The Morgan fingerprint density at radius 3 is 2.42 bits per heavy atom. The first kappa shape index (κ1) is 13.9. The average Bonchev–Trinajstić information content (AvgIpc) is 2.84. The molecule has 0 amide bonds. The standard InChI is InChI=1S/C14H18ClN3O/c1-4-19-12-7-5-11(6-8-12)18-13(9-15)16-17-14(18)10(2)3/h5-8,10H,4,9H2,1-3H3. The fourth-order valence-corrected chi connectivity index (χ4v) is 2.10. The first-order chi connectivity index (χ1) is 9.17. The molecule has 0 atom stereocenters. The highest BCUT2D eigenvalue weighted by atomic mass is 35.5. The number of ether oxygens (including phenoxy) is 1. The van der Waals surface area contributed by atoms with Gasteiger partial charge in [-0.3, -0.25) is 4.57 Å². The lowest BCUT2D eigenvalue weighted by atomic mass is 10.2. The Balaban J connectivity index is 2.42. The third-order valence-electron chi connectivity index (χ3n) is 2.80. The van der Waals surface area contributed by atoms with Crippen LogP contribution in [-0.4, -0.2) is 21.4 Å². The summed E-state index contributed by atoms with van der Waals surface area (Å²) in [5.41, 5.74) is 1.01. The van der Waals surface area contributed by atoms with Crippen LogP contribution in [0.25, 0.3) is 5.69 Å². The molecule has 0 saturated carbocycles. The van der Waals surface area contributed by atoms with Crippen molar-refractivity contribution in [2.45, 2.75) is 32.6 Å². The van der Waals surface area contributed by atoms with Gasteiger partial charge in [0.15, 0.2) is 5.82 Å². The van der Waals surface area contributed by atoms with E-state index in [1.807, 2.05) is 35.8 Å². The topological polar surface area (TPSA) is 39.9 Å². The predicted molar refractivity (Wildman–Crippen MR) is 76.2 cm³/mol. The van der Waals surface area contributed by atoms with E-state index in [1.54, 1.807) is 0 Å². The minimum Gasteiger partial charge on any atom is -0.494 e. The Bertz CT molecular complexity index is 534. The van der Waals surface area contributed by atoms with Gasteiger partial charge < -0.3 is 4.74 Å². The third kappa shape index (κ3) is 2.89. The quantitative estimate of drug-likeness (QED) is 0.786. The average molecular weight is 280 g/mol. The van der Waals surface area contributed by atoms with E-state index in [2.05, 4.69) is 24.0 Å². The molecule has 2 rings (SSSR count). The highest BCUT2D eigenvalue weighted by Gasteiger charge is 2.15. The van der Waals surface area contributed by atoms with E-state index in [0.29, 0.717) is 12.5 Å². The van der Waals surface area contributed by atoms with Gasteiger partial charge in [-0.05, 0) is 31.2 Å². The molecule has 0 saturated heterocycles. The number of hydrogen-bond acceptors (Lipinski definition) is 3. The van der Waals surface area contributed by atoms with Crippen molar-refractivity contribution in [2.75, 3.05) is 6.61 Å². The first-order valence-corrected chi connectivity index (χ1v) is 6.94. The Morgan fingerprint density at radius 1 is 1.21 bits per heavy atom. The number of aromatic nitrogens is 3. The molecule has 102 valence electrons. The number of benzene rings is 1. The van der Waals surface area contributed by atoms with Crippen molar-refractivity contribution >= 4 is 11.6 Å². The summed E-state index contributed by atoms with van der Waals surface area (Å²) < 4.78 is 7.45. The van der Waals surface area contributed by atoms with Gasteiger partial charge in [0.1, 0.15) is 11.6 Å². The van der Waals surface area contributed by atoms with Crippen LogP contribution in [0.3, 0.4) is 0 Å². The van der Waals surface area contributed by atoms with Crippen LogP contribution >= 0.6 is 11.6 Å². The summed E-state index contributed by atoms with van der Waals surface area (Å²) in [5.74, 6) is 3.16. The molecule has 0 unspecified atom stereocenters. The van der Waals surface area contributed by atoms with Crippen LogP contribution in [0.5, 0.6) is 5.75 Å². The zero-order chi connectivity index (χ0) is 13.8. The lowest BCUT2D eigenvalue weighted by Gasteiger charge is -2.12. The summed E-state index contributed by atoms with van der Waals surface area (Å²) in [4.78, 5) is 0. The smallest absolute Gasteiger partial charge is 0.152 e. The van der Waals surface area contributed by atoms with Gasteiger partial charge in [0.05, 0.1) is 12.5 Å². The van der Waals surface area contributed by atoms with Crippen molar-refractivity contribution in [3.05, 3.63) is 35.9 Å². The van der Waals surface area contributed by atoms with E-state index >= 15 is 0 Å². The van der Waals surface area contributed by atoms with E-state index in [4.69, 9.17) is 16.3 Å². The number of rotatable bonds is 5. The first-order valence-electron chi connectivity index (χ1n) is 6.40. The lowest BCUT2D eigenvalue weighted by Crippen LogP contribution is -2.06. The van der Waals surface area contributed by atoms with Crippen LogP contribution < -0.4 is 4.74 Å². The maximum atomic E-state index is 5.93. The van der Waals surface area contributed by atoms with Crippen LogP contribution in [0.2, 0.25) is 0 Å². The monoisotopic (exact) mass is 279 g/mol. The molecule has 0 aliphatic heterocycles. The molecule has 0 bridgehead atoms. The summed E-state index contributed by atoms with van der Waals surface area (Å²) in [5, 5.41) is 8.36. The van der Waals surface area contributed by atoms with Crippen molar-refractivity contribution in [2.24, 2.45) is 0 Å². The van der Waals surface area contributed by atoms with Gasteiger partial charge in [0, 0.05) is 11.6 Å². The fourth-order valence-electron chi connectivity index (χ4n) is 1.93. The molecule has 0 aliphatic carbocycles. The molecule has 5 heteroatoms. The minimum atomic E-state index is 0.288. The second-order valence-electron chi connectivity index (χ2n) is 4.53. The molecule has 1 aromatic carbocycles. The summed E-state index contributed by atoms with van der Waals surface area (Å²) in [7, 11) is 0. The Labute approximate surface area is 118 Å². The van der Waals surface area contributed by atoms with Crippen molar-refractivity contribution in [1.82, 2.24) is 14.8 Å². The highest BCUT2D eigenvalue weighted by Crippen LogP contribution is 2.22. The lowest BCUT2D eigenvalue weighted by molar-refractivity contribution is 0.340. The molecule has 0 spiro atoms. The van der Waals surface area contributed by atoms with Gasteiger partial charge in [-0.15, -0.1) is 21.8 Å². The molecule has 1 aromatic heterocycles. The van der Waals surface area contributed by atoms with Crippen LogP contribution in [0.1, 0.15) is 38.3 Å². The van der Waals surface area contributed by atoms with Gasteiger partial charge in [-0.2, -0.15) is 0 Å². The Morgan fingerprint density at radius 2 is 1.89 bits per heavy atom. The largest absolute Gasteiger partial charge is 0.494 e. The third-order valence-corrected chi connectivity index (χ3v) is 3.04. The second-order valence-corrected chi connectivity index (χ2v) is 4.79. The molecular formula is C14H18ClN3O. The summed E-state index contributed by atoms with van der Waals surface area (Å²) >= 11 is 5.93. The van der Waals surface area contributed by atoms with E-state index in [0.717, 1.165) is 23.1 Å². The van der Waals surface area contributed by atoms with Crippen molar-refractivity contribution in [1.29, 1.82) is 0 Å². The van der Waals surface area contributed by atoms with Crippen LogP contribution in [0.4, 0.5) is 0 Å². The van der Waals surface area contributed by atoms with Crippen LogP contribution in [-0.2, 0) is 5.88 Å². The van der Waals surface area contributed by atoms with Crippen molar-refractivity contribution < 1.29 is 4.74 Å². The van der Waals surface area contributed by atoms with Crippen LogP contribution in [0.15, 0.2) is 24.3 Å². The summed E-state index contributed by atoms with van der Waals surface area (Å²) in [6.45, 7) is 6.81. The molecular weight excluding hydrogens is 262 g/mol. The van der Waals surface area contributed by atoms with Gasteiger partial charge in [-0.1, -0.05) is 13.8 Å². The van der Waals surface area contributed by atoms with Crippen molar-refractivity contribution in [3.8, 4) is 11.4 Å². The molecule has 0 aliphatic rings. The Hall–Kier alpha value is -1.55. The molecule has 4 nitrogen and oxygen atoms in total. The number of nitrogens with zero attached hydrogens (tertiary/aromatic N) is 3. The van der Waals surface area contributed by atoms with Gasteiger partial charge in [0.2, 0.25) is 0 Å².